The van der Waals surface area contributed by atoms with Gasteiger partial charge in [-0.05, 0) is 37.5 Å². The number of carbonyl (C=O) groups excluding carboxylic acids is 1. The monoisotopic (exact) mass is 239 g/mol. The molecule has 0 aromatic rings. The first-order chi connectivity index (χ1) is 8.07. The maximum Gasteiger partial charge on any atom is 0.326 e. The molecular weight excluding hydrogens is 214 g/mol. The van der Waals surface area contributed by atoms with Crippen molar-refractivity contribution in [2.75, 3.05) is 7.11 Å². The van der Waals surface area contributed by atoms with E-state index in [1.165, 1.54) is 32.8 Å². The number of hydrogen-bond donors (Lipinski definition) is 1. The van der Waals surface area contributed by atoms with E-state index in [9.17, 15) is 4.79 Å². The number of hydrogen-bond acceptors (Lipinski definition) is 3. The van der Waals surface area contributed by atoms with Crippen LogP contribution in [-0.4, -0.2) is 24.7 Å². The zero-order valence-corrected chi connectivity index (χ0v) is 11.3. The average Bonchev–Trinajstić information content (AvgIpc) is 2.73. The molecule has 0 unspecified atom stereocenters. The molecule has 0 atom stereocenters. The molecule has 0 amide bonds. The van der Waals surface area contributed by atoms with Crippen molar-refractivity contribution in [2.45, 2.75) is 64.0 Å². The average molecular weight is 239 g/mol. The van der Waals surface area contributed by atoms with E-state index in [1.807, 2.05) is 0 Å². The van der Waals surface area contributed by atoms with Crippen molar-refractivity contribution in [3.8, 4) is 0 Å². The van der Waals surface area contributed by atoms with E-state index in [0.29, 0.717) is 17.9 Å². The lowest BCUT2D eigenvalue weighted by Crippen LogP contribution is -2.64. The largest absolute Gasteiger partial charge is 0.468 e. The van der Waals surface area contributed by atoms with Crippen molar-refractivity contribution in [3.05, 3.63) is 0 Å². The number of nitrogens with one attached hydrogen (secondary N) is 1. The van der Waals surface area contributed by atoms with Crippen LogP contribution < -0.4 is 5.32 Å². The summed E-state index contributed by atoms with van der Waals surface area (Å²) in [5.74, 6) is 1.28. The molecule has 0 aromatic carbocycles. The van der Waals surface area contributed by atoms with Crippen LogP contribution in [0.15, 0.2) is 0 Å². The number of methoxy groups -OCH3 is 1. The highest BCUT2D eigenvalue weighted by Crippen LogP contribution is 2.44. The van der Waals surface area contributed by atoms with Crippen molar-refractivity contribution in [2.24, 2.45) is 11.8 Å². The number of ether oxygens (including phenoxy) is 1. The molecule has 0 radical (unpaired) electrons. The molecule has 0 saturated heterocycles. The summed E-state index contributed by atoms with van der Waals surface area (Å²) in [7, 11) is 1.50. The van der Waals surface area contributed by atoms with Gasteiger partial charge in [0.1, 0.15) is 5.54 Å². The second-order valence-corrected chi connectivity index (χ2v) is 6.11. The van der Waals surface area contributed by atoms with Gasteiger partial charge in [0.15, 0.2) is 0 Å². The first kappa shape index (κ1) is 12.9. The molecule has 0 aliphatic heterocycles. The topological polar surface area (TPSA) is 38.3 Å². The number of esters is 1. The lowest BCUT2D eigenvalue weighted by Gasteiger charge is -2.49. The van der Waals surface area contributed by atoms with E-state index in [0.717, 1.165) is 12.8 Å². The van der Waals surface area contributed by atoms with E-state index in [2.05, 4.69) is 19.2 Å². The van der Waals surface area contributed by atoms with Crippen molar-refractivity contribution < 1.29 is 9.53 Å². The maximum absolute atomic E-state index is 12.0. The Labute approximate surface area is 104 Å². The first-order valence-corrected chi connectivity index (χ1v) is 6.93. The van der Waals surface area contributed by atoms with Crippen LogP contribution in [0.25, 0.3) is 0 Å². The molecule has 1 N–H and O–H groups in total. The second-order valence-electron chi connectivity index (χ2n) is 6.11. The first-order valence-electron chi connectivity index (χ1n) is 6.93. The van der Waals surface area contributed by atoms with E-state index in [1.54, 1.807) is 0 Å². The third kappa shape index (κ3) is 2.49. The molecule has 2 rings (SSSR count). The lowest BCUT2D eigenvalue weighted by atomic mass is 9.63. The van der Waals surface area contributed by atoms with Gasteiger partial charge < -0.3 is 4.74 Å². The normalized spacial score (nSPS) is 33.8. The van der Waals surface area contributed by atoms with Crippen LogP contribution in [0, 0.1) is 11.8 Å². The van der Waals surface area contributed by atoms with Crippen molar-refractivity contribution >= 4 is 5.97 Å². The van der Waals surface area contributed by atoms with Crippen LogP contribution in [-0.2, 0) is 9.53 Å². The van der Waals surface area contributed by atoms with Gasteiger partial charge in [0.05, 0.1) is 7.11 Å². The maximum atomic E-state index is 12.0. The molecule has 0 aromatic heterocycles. The van der Waals surface area contributed by atoms with Gasteiger partial charge in [0, 0.05) is 6.04 Å². The number of rotatable bonds is 4. The van der Waals surface area contributed by atoms with Crippen LogP contribution in [0.1, 0.15) is 52.4 Å². The molecule has 0 heterocycles. The Balaban J connectivity index is 1.97. The Morgan fingerprint density at radius 3 is 2.35 bits per heavy atom. The smallest absolute Gasteiger partial charge is 0.326 e. The zero-order chi connectivity index (χ0) is 12.5. The van der Waals surface area contributed by atoms with Gasteiger partial charge in [0.2, 0.25) is 0 Å². The predicted molar refractivity (Wildman–Crippen MR) is 67.7 cm³/mol. The van der Waals surface area contributed by atoms with E-state index < -0.39 is 0 Å². The highest BCUT2D eigenvalue weighted by Gasteiger charge is 2.52. The van der Waals surface area contributed by atoms with Crippen molar-refractivity contribution in [1.29, 1.82) is 0 Å². The van der Waals surface area contributed by atoms with Crippen LogP contribution in [0.3, 0.4) is 0 Å². The van der Waals surface area contributed by atoms with Crippen LogP contribution in [0.4, 0.5) is 0 Å². The number of carbonyl (C=O) groups is 1. The summed E-state index contributed by atoms with van der Waals surface area (Å²) in [4.78, 5) is 12.0. The Kier molecular flexibility index (Phi) is 3.76. The molecular formula is C14H25NO2. The third-order valence-electron chi connectivity index (χ3n) is 4.58. The Morgan fingerprint density at radius 1 is 1.29 bits per heavy atom. The summed E-state index contributed by atoms with van der Waals surface area (Å²) in [6, 6.07) is 0.530. The molecule has 3 nitrogen and oxygen atoms in total. The Bertz CT molecular complexity index is 276. The standard InChI is InChI=1S/C14H25NO2/c1-10(2)11-8-14(9-11,13(16)17-3)15-12-6-4-5-7-12/h10-12,15H,4-9H2,1-3H3. The van der Waals surface area contributed by atoms with Crippen molar-refractivity contribution in [1.82, 2.24) is 5.32 Å². The van der Waals surface area contributed by atoms with Crippen LogP contribution in [0.2, 0.25) is 0 Å². The molecule has 0 spiro atoms. The highest BCUT2D eigenvalue weighted by atomic mass is 16.5. The molecule has 0 bridgehead atoms. The lowest BCUT2D eigenvalue weighted by molar-refractivity contribution is -0.157. The second kappa shape index (κ2) is 4.97. The van der Waals surface area contributed by atoms with Gasteiger partial charge in [-0.25, -0.2) is 0 Å². The zero-order valence-electron chi connectivity index (χ0n) is 11.3. The summed E-state index contributed by atoms with van der Waals surface area (Å²) in [6.07, 6.45) is 6.92. The summed E-state index contributed by atoms with van der Waals surface area (Å²) in [5.41, 5.74) is -0.362. The van der Waals surface area contributed by atoms with Gasteiger partial charge in [-0.3, -0.25) is 10.1 Å². The van der Waals surface area contributed by atoms with E-state index in [-0.39, 0.29) is 11.5 Å². The van der Waals surface area contributed by atoms with Gasteiger partial charge in [-0.2, -0.15) is 0 Å². The molecule has 2 saturated carbocycles. The summed E-state index contributed by atoms with van der Waals surface area (Å²) >= 11 is 0. The fourth-order valence-electron chi connectivity index (χ4n) is 3.31. The minimum absolute atomic E-state index is 0.0544. The highest BCUT2D eigenvalue weighted by molar-refractivity contribution is 5.82. The van der Waals surface area contributed by atoms with Crippen molar-refractivity contribution in [3.63, 3.8) is 0 Å². The Morgan fingerprint density at radius 2 is 1.88 bits per heavy atom. The van der Waals surface area contributed by atoms with E-state index >= 15 is 0 Å². The van der Waals surface area contributed by atoms with Gasteiger partial charge >= 0.3 is 5.97 Å². The third-order valence-corrected chi connectivity index (χ3v) is 4.58. The minimum Gasteiger partial charge on any atom is -0.468 e. The fraction of sp³-hybridized carbons (Fsp3) is 0.929. The minimum atomic E-state index is -0.362. The van der Waals surface area contributed by atoms with E-state index in [4.69, 9.17) is 4.74 Å². The molecule has 2 fully saturated rings. The summed E-state index contributed by atoms with van der Waals surface area (Å²) < 4.78 is 4.99. The van der Waals surface area contributed by atoms with Gasteiger partial charge in [0.25, 0.3) is 0 Å². The van der Waals surface area contributed by atoms with Crippen LogP contribution >= 0.6 is 0 Å². The fourth-order valence-corrected chi connectivity index (χ4v) is 3.31. The Hall–Kier alpha value is -0.570. The predicted octanol–water partition coefficient (Wildman–Crippen LogP) is 2.50. The molecule has 2 aliphatic rings. The summed E-state index contributed by atoms with van der Waals surface area (Å²) in [6.45, 7) is 4.48. The SMILES string of the molecule is COC(=O)C1(NC2CCCC2)CC(C(C)C)C1. The van der Waals surface area contributed by atoms with Gasteiger partial charge in [-0.1, -0.05) is 26.7 Å². The molecule has 98 valence electrons. The summed E-state index contributed by atoms with van der Waals surface area (Å²) in [5, 5.41) is 3.59. The quantitative estimate of drug-likeness (QED) is 0.766. The van der Waals surface area contributed by atoms with Gasteiger partial charge in [-0.15, -0.1) is 0 Å². The van der Waals surface area contributed by atoms with Crippen LogP contribution in [0.5, 0.6) is 0 Å². The molecule has 3 heteroatoms. The molecule has 17 heavy (non-hydrogen) atoms. The molecule has 2 aliphatic carbocycles.